The number of nitrogens with one attached hydrogen (secondary N) is 1. The van der Waals surface area contributed by atoms with Crippen LogP contribution in [0.2, 0.25) is 0 Å². The van der Waals surface area contributed by atoms with Crippen LogP contribution in [0.15, 0.2) is 71.1 Å². The second-order valence-corrected chi connectivity index (χ2v) is 8.62. The van der Waals surface area contributed by atoms with E-state index in [2.05, 4.69) is 10.3 Å². The largest absolute Gasteiger partial charge is 0.481 e. The Bertz CT molecular complexity index is 1320. The lowest BCUT2D eigenvalue weighted by atomic mass is 9.88. The summed E-state index contributed by atoms with van der Waals surface area (Å²) >= 11 is 0. The lowest BCUT2D eigenvalue weighted by Crippen LogP contribution is -2.25. The molecule has 1 aromatic heterocycles. The number of anilines is 2. The Morgan fingerprint density at radius 2 is 1.61 bits per heavy atom. The molecule has 6 nitrogen and oxygen atoms in total. The van der Waals surface area contributed by atoms with E-state index in [9.17, 15) is 14.7 Å². The Labute approximate surface area is 191 Å². The molecule has 0 bridgehead atoms. The summed E-state index contributed by atoms with van der Waals surface area (Å²) in [6.07, 6.45) is 2.01. The van der Waals surface area contributed by atoms with Crippen molar-refractivity contribution in [3.8, 4) is 11.1 Å². The standard InChI is InChI=1S/C27H24N2O4/c1-16-5-14-24-23(15-16)29-27(33-24)28-20-12-10-18(11-13-20)17-6-8-19(9-7-17)25(30)21-3-2-4-22(21)26(31)32/h5-15,21-22H,2-4H2,1H3,(H,28,29)(H,31,32)/t21-,22-/m1/s1. The number of nitrogens with zero attached hydrogens (tertiary/aromatic N) is 1. The second kappa shape index (κ2) is 8.54. The summed E-state index contributed by atoms with van der Waals surface area (Å²) in [4.78, 5) is 28.7. The molecule has 2 atom stereocenters. The molecule has 1 heterocycles. The highest BCUT2D eigenvalue weighted by Crippen LogP contribution is 2.35. The molecule has 3 aromatic carbocycles. The molecule has 0 unspecified atom stereocenters. The third kappa shape index (κ3) is 4.24. The van der Waals surface area contributed by atoms with E-state index in [-0.39, 0.29) is 5.78 Å². The summed E-state index contributed by atoms with van der Waals surface area (Å²) in [7, 11) is 0. The van der Waals surface area contributed by atoms with Gasteiger partial charge in [0.15, 0.2) is 11.4 Å². The fourth-order valence-corrected chi connectivity index (χ4v) is 4.57. The number of oxazole rings is 1. The number of aliphatic carboxylic acids is 1. The number of carboxylic acids is 1. The van der Waals surface area contributed by atoms with Crippen molar-refractivity contribution in [1.82, 2.24) is 4.98 Å². The molecule has 2 N–H and O–H groups in total. The van der Waals surface area contributed by atoms with Crippen LogP contribution in [-0.2, 0) is 4.79 Å². The van der Waals surface area contributed by atoms with Gasteiger partial charge >= 0.3 is 5.97 Å². The Hall–Kier alpha value is -3.93. The van der Waals surface area contributed by atoms with Gasteiger partial charge in [-0.3, -0.25) is 9.59 Å². The van der Waals surface area contributed by atoms with Crippen molar-refractivity contribution in [2.75, 3.05) is 5.32 Å². The number of aryl methyl sites for hydroxylation is 1. The number of aromatic nitrogens is 1. The topological polar surface area (TPSA) is 92.4 Å². The highest BCUT2D eigenvalue weighted by Gasteiger charge is 2.37. The fraction of sp³-hybridized carbons (Fsp3) is 0.222. The molecule has 1 fully saturated rings. The molecule has 0 aliphatic heterocycles. The number of Topliss-reactive ketones (excluding diaryl/α,β-unsaturated/α-hetero) is 1. The van der Waals surface area contributed by atoms with Crippen LogP contribution < -0.4 is 5.32 Å². The molecular formula is C27H24N2O4. The molecule has 0 spiro atoms. The zero-order chi connectivity index (χ0) is 22.9. The number of benzene rings is 3. The first-order chi connectivity index (χ1) is 16.0. The first kappa shape index (κ1) is 20.9. The van der Waals surface area contributed by atoms with Gasteiger partial charge in [-0.15, -0.1) is 0 Å². The van der Waals surface area contributed by atoms with E-state index >= 15 is 0 Å². The van der Waals surface area contributed by atoms with E-state index < -0.39 is 17.8 Å². The maximum absolute atomic E-state index is 12.8. The zero-order valence-electron chi connectivity index (χ0n) is 18.2. The van der Waals surface area contributed by atoms with Crippen LogP contribution in [0, 0.1) is 18.8 Å². The summed E-state index contributed by atoms with van der Waals surface area (Å²) in [6, 6.07) is 21.6. The summed E-state index contributed by atoms with van der Waals surface area (Å²) in [5.41, 5.74) is 6.10. The summed E-state index contributed by atoms with van der Waals surface area (Å²) < 4.78 is 5.75. The minimum atomic E-state index is -0.871. The highest BCUT2D eigenvalue weighted by atomic mass is 16.4. The number of fused-ring (bicyclic) bond motifs is 1. The van der Waals surface area contributed by atoms with Gasteiger partial charge in [0.05, 0.1) is 5.92 Å². The molecule has 5 rings (SSSR count). The lowest BCUT2D eigenvalue weighted by molar-refractivity contribution is -0.142. The molecule has 33 heavy (non-hydrogen) atoms. The molecule has 1 saturated carbocycles. The normalized spacial score (nSPS) is 17.8. The van der Waals surface area contributed by atoms with Crippen molar-refractivity contribution in [3.63, 3.8) is 0 Å². The van der Waals surface area contributed by atoms with Crippen LogP contribution in [0.3, 0.4) is 0 Å². The molecule has 0 saturated heterocycles. The molecule has 0 radical (unpaired) electrons. The molecule has 1 aliphatic carbocycles. The van der Waals surface area contributed by atoms with Gasteiger partial charge in [0.25, 0.3) is 6.01 Å². The number of ketones is 1. The third-order valence-corrected chi connectivity index (χ3v) is 6.35. The number of carboxylic acid groups (broad SMARTS) is 1. The van der Waals surface area contributed by atoms with E-state index in [1.807, 2.05) is 61.5 Å². The predicted molar refractivity (Wildman–Crippen MR) is 127 cm³/mol. The van der Waals surface area contributed by atoms with E-state index in [0.29, 0.717) is 24.4 Å². The molecule has 0 amide bonds. The van der Waals surface area contributed by atoms with Gasteiger partial charge in [-0.1, -0.05) is 48.9 Å². The Kier molecular flexibility index (Phi) is 5.42. The van der Waals surface area contributed by atoms with Gasteiger partial charge in [0, 0.05) is 17.2 Å². The SMILES string of the molecule is Cc1ccc2oc(Nc3ccc(-c4ccc(C(=O)[C@@H]5CCC[C@H]5C(=O)O)cc4)cc3)nc2c1. The number of carbonyl (C=O) groups is 2. The minimum Gasteiger partial charge on any atom is -0.481 e. The molecule has 1 aliphatic rings. The first-order valence-corrected chi connectivity index (χ1v) is 11.1. The highest BCUT2D eigenvalue weighted by molar-refractivity contribution is 6.00. The van der Waals surface area contributed by atoms with Crippen molar-refractivity contribution >= 4 is 34.6 Å². The summed E-state index contributed by atoms with van der Waals surface area (Å²) in [5.74, 6) is -1.93. The van der Waals surface area contributed by atoms with Crippen molar-refractivity contribution in [3.05, 3.63) is 77.9 Å². The predicted octanol–water partition coefficient (Wildman–Crippen LogP) is 6.23. The van der Waals surface area contributed by atoms with Crippen molar-refractivity contribution in [1.29, 1.82) is 0 Å². The van der Waals surface area contributed by atoms with Crippen LogP contribution in [0.4, 0.5) is 11.7 Å². The van der Waals surface area contributed by atoms with Gasteiger partial charge < -0.3 is 14.8 Å². The van der Waals surface area contributed by atoms with Gasteiger partial charge in [-0.2, -0.15) is 4.98 Å². The van der Waals surface area contributed by atoms with Crippen LogP contribution in [-0.4, -0.2) is 21.8 Å². The second-order valence-electron chi connectivity index (χ2n) is 8.62. The third-order valence-electron chi connectivity index (χ3n) is 6.35. The average molecular weight is 440 g/mol. The quantitative estimate of drug-likeness (QED) is 0.345. The molecule has 6 heteroatoms. The van der Waals surface area contributed by atoms with Crippen molar-refractivity contribution in [2.24, 2.45) is 11.8 Å². The van der Waals surface area contributed by atoms with Gasteiger partial charge in [0.2, 0.25) is 0 Å². The lowest BCUT2D eigenvalue weighted by Gasteiger charge is -2.14. The van der Waals surface area contributed by atoms with Crippen molar-refractivity contribution in [2.45, 2.75) is 26.2 Å². The molecule has 4 aromatic rings. The Balaban J connectivity index is 1.29. The van der Waals surface area contributed by atoms with Crippen LogP contribution in [0.1, 0.15) is 35.2 Å². The smallest absolute Gasteiger partial charge is 0.307 e. The van der Waals surface area contributed by atoms with Crippen LogP contribution in [0.5, 0.6) is 0 Å². The first-order valence-electron chi connectivity index (χ1n) is 11.1. The van der Waals surface area contributed by atoms with E-state index in [0.717, 1.165) is 39.9 Å². The average Bonchev–Trinajstić information content (AvgIpc) is 3.46. The van der Waals surface area contributed by atoms with Crippen molar-refractivity contribution < 1.29 is 19.1 Å². The van der Waals surface area contributed by atoms with Gasteiger partial charge in [0.1, 0.15) is 5.52 Å². The van der Waals surface area contributed by atoms with E-state index in [4.69, 9.17) is 4.42 Å². The summed E-state index contributed by atoms with van der Waals surface area (Å²) in [6.45, 7) is 2.02. The number of carbonyl (C=O) groups excluding carboxylic acids is 1. The Morgan fingerprint density at radius 1 is 0.939 bits per heavy atom. The van der Waals surface area contributed by atoms with E-state index in [1.54, 1.807) is 12.1 Å². The maximum Gasteiger partial charge on any atom is 0.307 e. The molecular weight excluding hydrogens is 416 g/mol. The summed E-state index contributed by atoms with van der Waals surface area (Å²) in [5, 5.41) is 12.6. The van der Waals surface area contributed by atoms with Crippen LogP contribution in [0.25, 0.3) is 22.2 Å². The zero-order valence-corrected chi connectivity index (χ0v) is 18.2. The van der Waals surface area contributed by atoms with Gasteiger partial charge in [-0.05, 0) is 60.7 Å². The monoisotopic (exact) mass is 440 g/mol. The number of hydrogen-bond acceptors (Lipinski definition) is 5. The minimum absolute atomic E-state index is 0.0699. The van der Waals surface area contributed by atoms with E-state index in [1.165, 1.54) is 0 Å². The Morgan fingerprint density at radius 3 is 2.30 bits per heavy atom. The molecule has 166 valence electrons. The van der Waals surface area contributed by atoms with Crippen LogP contribution >= 0.6 is 0 Å². The number of rotatable bonds is 6. The maximum atomic E-state index is 12.8. The number of hydrogen-bond donors (Lipinski definition) is 2. The van der Waals surface area contributed by atoms with Gasteiger partial charge in [-0.25, -0.2) is 0 Å². The fourth-order valence-electron chi connectivity index (χ4n) is 4.57.